The lowest BCUT2D eigenvalue weighted by atomic mass is 9.72. The van der Waals surface area contributed by atoms with E-state index in [1.165, 1.54) is 22.0 Å². The molecule has 2 aromatic rings. The molecule has 0 saturated carbocycles. The van der Waals surface area contributed by atoms with Gasteiger partial charge in [0, 0.05) is 42.7 Å². The molecule has 1 aliphatic heterocycles. The summed E-state index contributed by atoms with van der Waals surface area (Å²) in [6.07, 6.45) is 5.04. The molecule has 1 fully saturated rings. The summed E-state index contributed by atoms with van der Waals surface area (Å²) in [5.74, 6) is 0.619. The van der Waals surface area contributed by atoms with Crippen LogP contribution in [0.15, 0.2) is 24.4 Å². The molecular weight excluding hydrogens is 326 g/mol. The standard InChI is InChI=1S/C21H29N3O2/c1-4-15(12-26-3)23-21(25)14-8-17-16-6-5-7-18-20(16)13(10-22-18)9-19(17)24(2)11-14/h5-7,10,14-15,17,19,22H,4,8-9,11-12H2,1-3H3,(H,23,25). The number of hydrogen-bond donors (Lipinski definition) is 2. The number of nitrogens with zero attached hydrogens (tertiary/aromatic N) is 1. The van der Waals surface area contributed by atoms with Crippen molar-refractivity contribution in [2.24, 2.45) is 5.92 Å². The number of likely N-dealkylation sites (N-methyl/N-ethyl adjacent to an activating group) is 1. The van der Waals surface area contributed by atoms with E-state index in [1.807, 2.05) is 0 Å². The van der Waals surface area contributed by atoms with Gasteiger partial charge in [-0.1, -0.05) is 19.1 Å². The summed E-state index contributed by atoms with van der Waals surface area (Å²) >= 11 is 0. The average Bonchev–Trinajstić information content (AvgIpc) is 3.06. The highest BCUT2D eigenvalue weighted by molar-refractivity contribution is 5.88. The Bertz CT molecular complexity index is 800. The molecule has 5 heteroatoms. The van der Waals surface area contributed by atoms with Crippen molar-refractivity contribution in [1.29, 1.82) is 0 Å². The normalized spacial score (nSPS) is 26.5. The fourth-order valence-corrected chi connectivity index (χ4v) is 4.91. The molecule has 0 radical (unpaired) electrons. The van der Waals surface area contributed by atoms with E-state index in [2.05, 4.69) is 53.6 Å². The second-order valence-electron chi connectivity index (χ2n) is 7.90. The molecule has 4 atom stereocenters. The van der Waals surface area contributed by atoms with E-state index in [0.29, 0.717) is 18.6 Å². The number of carbonyl (C=O) groups excluding carboxylic acids is 1. The number of amides is 1. The lowest BCUT2D eigenvalue weighted by Gasteiger charge is -2.45. The summed E-state index contributed by atoms with van der Waals surface area (Å²) in [7, 11) is 3.85. The van der Waals surface area contributed by atoms with Crippen molar-refractivity contribution in [2.75, 3.05) is 27.3 Å². The Morgan fingerprint density at radius 2 is 2.31 bits per heavy atom. The molecule has 2 heterocycles. The Balaban J connectivity index is 1.58. The number of piperidine rings is 1. The van der Waals surface area contributed by atoms with Gasteiger partial charge in [-0.25, -0.2) is 0 Å². The van der Waals surface area contributed by atoms with Crippen molar-refractivity contribution in [3.63, 3.8) is 0 Å². The van der Waals surface area contributed by atoms with Crippen LogP contribution in [0.1, 0.15) is 36.8 Å². The number of H-pyrrole nitrogens is 1. The highest BCUT2D eigenvalue weighted by Crippen LogP contribution is 2.44. The van der Waals surface area contributed by atoms with Crippen molar-refractivity contribution in [3.8, 4) is 0 Å². The minimum atomic E-state index is 0.0305. The Hall–Kier alpha value is -1.85. The van der Waals surface area contributed by atoms with E-state index >= 15 is 0 Å². The van der Waals surface area contributed by atoms with E-state index in [0.717, 1.165) is 25.8 Å². The van der Waals surface area contributed by atoms with Gasteiger partial charge in [0.15, 0.2) is 0 Å². The smallest absolute Gasteiger partial charge is 0.224 e. The molecule has 26 heavy (non-hydrogen) atoms. The van der Waals surface area contributed by atoms with Gasteiger partial charge in [0.2, 0.25) is 5.91 Å². The fraction of sp³-hybridized carbons (Fsp3) is 0.571. The van der Waals surface area contributed by atoms with Crippen molar-refractivity contribution in [1.82, 2.24) is 15.2 Å². The van der Waals surface area contributed by atoms with Gasteiger partial charge >= 0.3 is 0 Å². The first kappa shape index (κ1) is 17.6. The average molecular weight is 355 g/mol. The molecule has 2 N–H and O–H groups in total. The zero-order valence-electron chi connectivity index (χ0n) is 15.9. The third-order valence-electron chi connectivity index (χ3n) is 6.30. The monoisotopic (exact) mass is 355 g/mol. The van der Waals surface area contributed by atoms with Crippen LogP contribution in [0.4, 0.5) is 0 Å². The van der Waals surface area contributed by atoms with Gasteiger partial charge in [-0.05, 0) is 43.5 Å². The van der Waals surface area contributed by atoms with Gasteiger partial charge in [-0.3, -0.25) is 4.79 Å². The largest absolute Gasteiger partial charge is 0.383 e. The van der Waals surface area contributed by atoms with Gasteiger partial charge in [-0.2, -0.15) is 0 Å². The van der Waals surface area contributed by atoms with Crippen molar-refractivity contribution < 1.29 is 9.53 Å². The van der Waals surface area contributed by atoms with Gasteiger partial charge in [-0.15, -0.1) is 0 Å². The number of fused-ring (bicyclic) bond motifs is 2. The van der Waals surface area contributed by atoms with E-state index in [4.69, 9.17) is 4.74 Å². The summed E-state index contributed by atoms with van der Waals surface area (Å²) in [4.78, 5) is 18.7. The highest BCUT2D eigenvalue weighted by Gasteiger charge is 2.41. The number of ether oxygens (including phenoxy) is 1. The van der Waals surface area contributed by atoms with Gasteiger partial charge < -0.3 is 19.9 Å². The van der Waals surface area contributed by atoms with Gasteiger partial charge in [0.1, 0.15) is 0 Å². The quantitative estimate of drug-likeness (QED) is 0.867. The Morgan fingerprint density at radius 3 is 3.08 bits per heavy atom. The maximum Gasteiger partial charge on any atom is 0.224 e. The summed E-state index contributed by atoms with van der Waals surface area (Å²) < 4.78 is 5.23. The van der Waals surface area contributed by atoms with Crippen LogP contribution >= 0.6 is 0 Å². The van der Waals surface area contributed by atoms with Crippen LogP contribution in [-0.4, -0.2) is 55.2 Å². The minimum Gasteiger partial charge on any atom is -0.383 e. The van der Waals surface area contributed by atoms with Crippen LogP contribution < -0.4 is 5.32 Å². The number of likely N-dealkylation sites (tertiary alicyclic amines) is 1. The lowest BCUT2D eigenvalue weighted by molar-refractivity contribution is -0.128. The first-order chi connectivity index (χ1) is 12.6. The molecule has 0 spiro atoms. The van der Waals surface area contributed by atoms with Crippen LogP contribution in [0.5, 0.6) is 0 Å². The zero-order chi connectivity index (χ0) is 18.3. The van der Waals surface area contributed by atoms with E-state index < -0.39 is 0 Å². The summed E-state index contributed by atoms with van der Waals surface area (Å²) in [5, 5.41) is 4.58. The number of benzene rings is 1. The number of carbonyl (C=O) groups is 1. The minimum absolute atomic E-state index is 0.0305. The molecule has 4 rings (SSSR count). The van der Waals surface area contributed by atoms with Crippen molar-refractivity contribution >= 4 is 16.8 Å². The van der Waals surface area contributed by atoms with Crippen molar-refractivity contribution in [2.45, 2.75) is 44.2 Å². The van der Waals surface area contributed by atoms with E-state index in [-0.39, 0.29) is 17.9 Å². The molecular formula is C21H29N3O2. The Labute approximate surface area is 155 Å². The summed E-state index contributed by atoms with van der Waals surface area (Å²) in [6, 6.07) is 7.12. The molecule has 140 valence electrons. The molecule has 1 aromatic heterocycles. The number of aromatic nitrogens is 1. The molecule has 5 nitrogen and oxygen atoms in total. The molecule has 1 amide bonds. The number of methoxy groups -OCH3 is 1. The number of hydrogen-bond acceptors (Lipinski definition) is 3. The van der Waals surface area contributed by atoms with Gasteiger partial charge in [0.05, 0.1) is 18.6 Å². The molecule has 4 unspecified atom stereocenters. The van der Waals surface area contributed by atoms with Crippen LogP contribution in [-0.2, 0) is 16.0 Å². The first-order valence-electron chi connectivity index (χ1n) is 9.70. The summed E-state index contributed by atoms with van der Waals surface area (Å²) in [6.45, 7) is 3.48. The van der Waals surface area contributed by atoms with Crippen LogP contribution in [0, 0.1) is 5.92 Å². The van der Waals surface area contributed by atoms with Crippen molar-refractivity contribution in [3.05, 3.63) is 35.5 Å². The number of nitrogens with one attached hydrogen (secondary N) is 2. The maximum absolute atomic E-state index is 12.9. The third-order valence-corrected chi connectivity index (χ3v) is 6.30. The van der Waals surface area contributed by atoms with E-state index in [1.54, 1.807) is 7.11 Å². The Morgan fingerprint density at radius 1 is 1.46 bits per heavy atom. The second kappa shape index (κ2) is 7.05. The van der Waals surface area contributed by atoms with Crippen LogP contribution in [0.2, 0.25) is 0 Å². The van der Waals surface area contributed by atoms with E-state index in [9.17, 15) is 4.79 Å². The molecule has 1 aromatic carbocycles. The number of rotatable bonds is 5. The molecule has 1 saturated heterocycles. The molecule has 2 aliphatic rings. The highest BCUT2D eigenvalue weighted by atomic mass is 16.5. The molecule has 1 aliphatic carbocycles. The predicted octanol–water partition coefficient (Wildman–Crippen LogP) is 2.67. The third kappa shape index (κ3) is 2.93. The topological polar surface area (TPSA) is 57.4 Å². The second-order valence-corrected chi connectivity index (χ2v) is 7.90. The molecule has 0 bridgehead atoms. The first-order valence-corrected chi connectivity index (χ1v) is 9.70. The van der Waals surface area contributed by atoms with Crippen LogP contribution in [0.3, 0.4) is 0 Å². The summed E-state index contributed by atoms with van der Waals surface area (Å²) in [5.41, 5.74) is 4.04. The number of aromatic amines is 1. The SMILES string of the molecule is CCC(COC)NC(=O)C1CC2c3cccc4[nH]cc(c34)CC2N(C)C1. The zero-order valence-corrected chi connectivity index (χ0v) is 15.9. The van der Waals surface area contributed by atoms with Crippen LogP contribution in [0.25, 0.3) is 10.9 Å². The maximum atomic E-state index is 12.9. The predicted molar refractivity (Wildman–Crippen MR) is 103 cm³/mol. The Kier molecular flexibility index (Phi) is 4.76. The van der Waals surface area contributed by atoms with Gasteiger partial charge in [0.25, 0.3) is 0 Å². The fourth-order valence-electron chi connectivity index (χ4n) is 4.91. The lowest BCUT2D eigenvalue weighted by Crippen LogP contribution is -2.52.